The third-order valence-corrected chi connectivity index (χ3v) is 15.8. The molecule has 1 nitrogen and oxygen atoms in total. The minimum absolute atomic E-state index is 1.14. The average Bonchev–Trinajstić information content (AvgIpc) is 3.08. The van der Waals surface area contributed by atoms with E-state index in [0.29, 0.717) is 0 Å². The van der Waals surface area contributed by atoms with Crippen LogP contribution in [-0.4, -0.2) is 24.2 Å². The van der Waals surface area contributed by atoms with E-state index in [4.69, 9.17) is 0 Å². The van der Waals surface area contributed by atoms with Crippen LogP contribution in [0.1, 0.15) is 0 Å². The first-order valence-corrected chi connectivity index (χ1v) is 28.1. The molecule has 6 rings (SSSR count). The lowest BCUT2D eigenvalue weighted by molar-refractivity contribution is 1.28. The van der Waals surface area contributed by atoms with E-state index in [9.17, 15) is 0 Å². The second-order valence-corrected chi connectivity index (χ2v) is 31.7. The number of rotatable bonds is 9. The van der Waals surface area contributed by atoms with Crippen molar-refractivity contribution in [3.05, 3.63) is 146 Å². The van der Waals surface area contributed by atoms with Gasteiger partial charge in [-0.1, -0.05) is 184 Å². The molecule has 6 aromatic carbocycles. The molecule has 0 unspecified atom stereocenters. The summed E-state index contributed by atoms with van der Waals surface area (Å²) in [4.78, 5) is 2.37. The molecule has 248 valence electrons. The molecule has 0 spiro atoms. The molecule has 0 amide bonds. The molecule has 4 heteroatoms. The van der Waals surface area contributed by atoms with Gasteiger partial charge in [-0.15, -0.1) is 0 Å². The van der Waals surface area contributed by atoms with Crippen LogP contribution in [-0.2, 0) is 0 Å². The molecule has 0 radical (unpaired) electrons. The van der Waals surface area contributed by atoms with Gasteiger partial charge in [-0.05, 0) is 69.8 Å². The highest BCUT2D eigenvalue weighted by atomic mass is 28.3. The maximum atomic E-state index is 2.40. The van der Waals surface area contributed by atoms with Gasteiger partial charge in [0.1, 0.15) is 0 Å². The average molecular weight is 690 g/mol. The molecular weight excluding hydrogens is 639 g/mol. The molecule has 0 N–H and O–H groups in total. The van der Waals surface area contributed by atoms with Crippen LogP contribution in [0.3, 0.4) is 0 Å². The molecule has 0 aliphatic carbocycles. The molecular formula is C45H51NSi3. The van der Waals surface area contributed by atoms with E-state index >= 15 is 0 Å². The van der Waals surface area contributed by atoms with E-state index in [0.717, 1.165) is 17.1 Å². The van der Waals surface area contributed by atoms with Crippen LogP contribution < -0.4 is 20.5 Å². The van der Waals surface area contributed by atoms with Gasteiger partial charge < -0.3 is 4.90 Å². The largest absolute Gasteiger partial charge is 0.311 e. The number of nitrogens with zero attached hydrogens (tertiary/aromatic N) is 1. The predicted molar refractivity (Wildman–Crippen MR) is 226 cm³/mol. The van der Waals surface area contributed by atoms with Crippen LogP contribution in [0.4, 0.5) is 17.1 Å². The summed E-state index contributed by atoms with van der Waals surface area (Å²) in [6.45, 7) is 21.6. The lowest BCUT2D eigenvalue weighted by Crippen LogP contribution is -2.37. The molecule has 49 heavy (non-hydrogen) atoms. The summed E-state index contributed by atoms with van der Waals surface area (Å²) in [5.74, 6) is 0. The van der Waals surface area contributed by atoms with Gasteiger partial charge in [0.05, 0.1) is 24.2 Å². The minimum atomic E-state index is -1.33. The number of hydrogen-bond acceptors (Lipinski definition) is 1. The van der Waals surface area contributed by atoms with Crippen LogP contribution in [0.25, 0.3) is 33.4 Å². The molecule has 0 fully saturated rings. The standard InChI is InChI=1S/C45H51NSi3/c1-47(2,3)43-28-16-37(17-29-43)34-10-22-40(23-11-34)46(41-24-12-35(13-25-41)38-18-30-44(31-19-38)48(4,5)6)42-26-14-36(15-27-42)39-20-32-45(33-21-39)49(7,8)9/h10-33H,1-9H3. The Labute approximate surface area is 298 Å². The van der Waals surface area contributed by atoms with E-state index in [1.54, 1.807) is 0 Å². The number of benzene rings is 6. The lowest BCUT2D eigenvalue weighted by atomic mass is 10.0. The third-order valence-electron chi connectivity index (χ3n) is 9.63. The van der Waals surface area contributed by atoms with Crippen molar-refractivity contribution in [3.63, 3.8) is 0 Å². The molecule has 0 aliphatic rings. The Morgan fingerprint density at radius 3 is 0.571 bits per heavy atom. The number of anilines is 3. The molecule has 0 bridgehead atoms. The first kappa shape index (κ1) is 34.6. The zero-order valence-electron chi connectivity index (χ0n) is 30.8. The minimum Gasteiger partial charge on any atom is -0.311 e. The first-order valence-electron chi connectivity index (χ1n) is 17.6. The van der Waals surface area contributed by atoms with Gasteiger partial charge in [0.25, 0.3) is 0 Å². The number of hydrogen-bond donors (Lipinski definition) is 0. The van der Waals surface area contributed by atoms with Gasteiger partial charge in [-0.25, -0.2) is 0 Å². The summed E-state index contributed by atoms with van der Waals surface area (Å²) >= 11 is 0. The van der Waals surface area contributed by atoms with Crippen molar-refractivity contribution < 1.29 is 0 Å². The molecule has 0 atom stereocenters. The summed E-state index contributed by atoms with van der Waals surface area (Å²) in [7, 11) is -4.00. The SMILES string of the molecule is C[Si](C)(C)c1ccc(-c2ccc(N(c3ccc(-c4ccc([Si](C)(C)C)cc4)cc3)c3ccc(-c4ccc([Si](C)(C)C)cc4)cc3)cc2)cc1. The molecule has 0 saturated carbocycles. The summed E-state index contributed by atoms with van der Waals surface area (Å²) in [5, 5.41) is 4.47. The second kappa shape index (κ2) is 13.6. The van der Waals surface area contributed by atoms with Gasteiger partial charge in [-0.2, -0.15) is 0 Å². The molecule has 0 aliphatic heterocycles. The molecule has 0 heterocycles. The Morgan fingerprint density at radius 1 is 0.245 bits per heavy atom. The fraction of sp³-hybridized carbons (Fsp3) is 0.200. The van der Waals surface area contributed by atoms with Crippen LogP contribution in [0.2, 0.25) is 58.9 Å². The van der Waals surface area contributed by atoms with Gasteiger partial charge in [0, 0.05) is 17.1 Å². The maximum absolute atomic E-state index is 2.40. The summed E-state index contributed by atoms with van der Waals surface area (Å²) in [6, 6.07) is 54.7. The highest BCUT2D eigenvalue weighted by Crippen LogP contribution is 2.37. The quantitative estimate of drug-likeness (QED) is 0.137. The van der Waals surface area contributed by atoms with Crippen LogP contribution in [0, 0.1) is 0 Å². The van der Waals surface area contributed by atoms with Crippen molar-refractivity contribution >= 4 is 56.8 Å². The van der Waals surface area contributed by atoms with E-state index in [1.165, 1.54) is 48.9 Å². The van der Waals surface area contributed by atoms with Gasteiger partial charge in [0.15, 0.2) is 0 Å². The summed E-state index contributed by atoms with van der Waals surface area (Å²) < 4.78 is 0. The summed E-state index contributed by atoms with van der Waals surface area (Å²) in [6.07, 6.45) is 0. The van der Waals surface area contributed by atoms with Crippen molar-refractivity contribution in [1.29, 1.82) is 0 Å². The lowest BCUT2D eigenvalue weighted by Gasteiger charge is -2.26. The Bertz CT molecular complexity index is 1750. The normalized spacial score (nSPS) is 12.2. The second-order valence-electron chi connectivity index (χ2n) is 16.5. The maximum Gasteiger partial charge on any atom is 0.0775 e. The van der Waals surface area contributed by atoms with Crippen molar-refractivity contribution in [2.45, 2.75) is 58.9 Å². The van der Waals surface area contributed by atoms with Gasteiger partial charge in [-0.3, -0.25) is 0 Å². The molecule has 0 saturated heterocycles. The predicted octanol–water partition coefficient (Wildman–Crippen LogP) is 11.8. The van der Waals surface area contributed by atoms with Crippen molar-refractivity contribution in [2.24, 2.45) is 0 Å². The van der Waals surface area contributed by atoms with Crippen molar-refractivity contribution in [2.75, 3.05) is 4.90 Å². The van der Waals surface area contributed by atoms with E-state index in [2.05, 4.69) is 209 Å². The zero-order valence-corrected chi connectivity index (χ0v) is 33.8. The van der Waals surface area contributed by atoms with E-state index in [-0.39, 0.29) is 0 Å². The first-order chi connectivity index (χ1) is 23.2. The van der Waals surface area contributed by atoms with Crippen molar-refractivity contribution in [3.8, 4) is 33.4 Å². The Balaban J connectivity index is 1.33. The Morgan fingerprint density at radius 2 is 0.408 bits per heavy atom. The molecule has 6 aromatic rings. The van der Waals surface area contributed by atoms with E-state index in [1.807, 2.05) is 0 Å². The van der Waals surface area contributed by atoms with Gasteiger partial charge in [0.2, 0.25) is 0 Å². The highest BCUT2D eigenvalue weighted by molar-refractivity contribution is 6.89. The Kier molecular flexibility index (Phi) is 9.60. The highest BCUT2D eigenvalue weighted by Gasteiger charge is 2.19. The van der Waals surface area contributed by atoms with Crippen LogP contribution in [0.5, 0.6) is 0 Å². The van der Waals surface area contributed by atoms with Crippen LogP contribution in [0.15, 0.2) is 146 Å². The fourth-order valence-electron chi connectivity index (χ4n) is 6.34. The van der Waals surface area contributed by atoms with Crippen molar-refractivity contribution in [1.82, 2.24) is 0 Å². The van der Waals surface area contributed by atoms with E-state index < -0.39 is 24.2 Å². The Hall–Kier alpha value is -4.23. The molecule has 0 aromatic heterocycles. The third kappa shape index (κ3) is 7.99. The zero-order chi connectivity index (χ0) is 35.0. The van der Waals surface area contributed by atoms with Crippen LogP contribution >= 0.6 is 0 Å². The smallest absolute Gasteiger partial charge is 0.0775 e. The fourth-order valence-corrected chi connectivity index (χ4v) is 9.84. The topological polar surface area (TPSA) is 3.24 Å². The monoisotopic (exact) mass is 689 g/mol. The van der Waals surface area contributed by atoms with Gasteiger partial charge >= 0.3 is 0 Å². The summed E-state index contributed by atoms with van der Waals surface area (Å²) in [5.41, 5.74) is 10.9.